The fraction of sp³-hybridized carbons (Fsp3) is 0.125. The summed E-state index contributed by atoms with van der Waals surface area (Å²) < 4.78 is 17.5. The van der Waals surface area contributed by atoms with Crippen molar-refractivity contribution in [1.29, 1.82) is 0 Å². The molecule has 0 saturated carbocycles. The van der Waals surface area contributed by atoms with E-state index in [4.69, 9.17) is 4.74 Å². The standard InChI is InChI=1S/C24H22N2O4S/c1-25(28)22-16-26(18-10-14-21(15-11-18)31(2)29)24(27)23(22)17-8-12-20(13-9-17)30-19-6-4-3-5-7-19/h3-15,28H,16H2,1-2H3. The molecule has 1 aliphatic heterocycles. The second-order valence-corrected chi connectivity index (χ2v) is 8.50. The van der Waals surface area contributed by atoms with Crippen LogP contribution in [0.1, 0.15) is 5.56 Å². The normalized spacial score (nSPS) is 14.7. The van der Waals surface area contributed by atoms with Gasteiger partial charge >= 0.3 is 0 Å². The third-order valence-electron chi connectivity index (χ3n) is 5.05. The van der Waals surface area contributed by atoms with Gasteiger partial charge in [0.05, 0.1) is 17.8 Å². The van der Waals surface area contributed by atoms with E-state index in [1.165, 1.54) is 7.05 Å². The van der Waals surface area contributed by atoms with Crippen molar-refractivity contribution in [2.45, 2.75) is 4.90 Å². The summed E-state index contributed by atoms with van der Waals surface area (Å²) in [6.45, 7) is 0.234. The van der Waals surface area contributed by atoms with Crippen molar-refractivity contribution in [2.75, 3.05) is 24.7 Å². The van der Waals surface area contributed by atoms with E-state index in [1.54, 1.807) is 47.6 Å². The topological polar surface area (TPSA) is 76.1 Å². The molecule has 0 bridgehead atoms. The number of carbonyl (C=O) groups excluding carboxylic acids is 1. The number of benzene rings is 3. The minimum absolute atomic E-state index is 0.210. The van der Waals surface area contributed by atoms with Crippen molar-refractivity contribution in [3.63, 3.8) is 0 Å². The number of hydrogen-bond acceptors (Lipinski definition) is 5. The van der Waals surface area contributed by atoms with Gasteiger partial charge in [0.25, 0.3) is 5.91 Å². The zero-order valence-electron chi connectivity index (χ0n) is 17.2. The van der Waals surface area contributed by atoms with Crippen LogP contribution in [-0.2, 0) is 16.0 Å². The van der Waals surface area contributed by atoms with Gasteiger partial charge < -0.3 is 14.2 Å². The number of anilines is 1. The van der Waals surface area contributed by atoms with Crippen LogP contribution in [0, 0.1) is 0 Å². The largest absolute Gasteiger partial charge is 0.612 e. The van der Waals surface area contributed by atoms with E-state index >= 15 is 0 Å². The Morgan fingerprint density at radius 1 is 0.968 bits per heavy atom. The number of nitrogens with zero attached hydrogens (tertiary/aromatic N) is 2. The molecule has 3 aromatic rings. The Kier molecular flexibility index (Phi) is 5.99. The molecule has 1 atom stereocenters. The van der Waals surface area contributed by atoms with Crippen LogP contribution in [0.15, 0.2) is 89.5 Å². The first-order valence-corrected chi connectivity index (χ1v) is 11.2. The van der Waals surface area contributed by atoms with Crippen LogP contribution < -0.4 is 9.64 Å². The van der Waals surface area contributed by atoms with Gasteiger partial charge in [0, 0.05) is 12.7 Å². The zero-order chi connectivity index (χ0) is 22.0. The lowest BCUT2D eigenvalue weighted by atomic mass is 10.0. The van der Waals surface area contributed by atoms with Gasteiger partial charge in [0.2, 0.25) is 0 Å². The van der Waals surface area contributed by atoms with Crippen molar-refractivity contribution in [1.82, 2.24) is 5.06 Å². The molecule has 158 valence electrons. The maximum absolute atomic E-state index is 13.3. The molecular formula is C24H22N2O4S. The van der Waals surface area contributed by atoms with Crippen molar-refractivity contribution < 1.29 is 19.3 Å². The monoisotopic (exact) mass is 434 g/mol. The molecule has 7 heteroatoms. The predicted molar refractivity (Wildman–Crippen MR) is 121 cm³/mol. The minimum atomic E-state index is -1.09. The first-order chi connectivity index (χ1) is 14.9. The highest BCUT2D eigenvalue weighted by Crippen LogP contribution is 2.34. The second-order valence-electron chi connectivity index (χ2n) is 7.12. The average molecular weight is 435 g/mol. The molecule has 0 aliphatic carbocycles. The molecule has 1 heterocycles. The fourth-order valence-corrected chi connectivity index (χ4v) is 3.97. The lowest BCUT2D eigenvalue weighted by Gasteiger charge is -2.18. The Morgan fingerprint density at radius 2 is 1.58 bits per heavy atom. The Hall–Kier alpha value is -3.26. The van der Waals surface area contributed by atoms with Gasteiger partial charge in [0.15, 0.2) is 4.90 Å². The minimum Gasteiger partial charge on any atom is -0.612 e. The van der Waals surface area contributed by atoms with E-state index in [2.05, 4.69) is 0 Å². The van der Waals surface area contributed by atoms with Gasteiger partial charge in [-0.3, -0.25) is 15.1 Å². The highest BCUT2D eigenvalue weighted by atomic mass is 32.2. The third-order valence-corrected chi connectivity index (χ3v) is 5.98. The number of ether oxygens (including phenoxy) is 1. The summed E-state index contributed by atoms with van der Waals surface area (Å²) in [6.07, 6.45) is 1.61. The molecule has 0 aromatic heterocycles. The maximum Gasteiger partial charge on any atom is 0.261 e. The molecule has 0 radical (unpaired) electrons. The van der Waals surface area contributed by atoms with E-state index in [-0.39, 0.29) is 12.5 Å². The van der Waals surface area contributed by atoms with Crippen molar-refractivity contribution in [2.24, 2.45) is 0 Å². The molecule has 3 aromatic carbocycles. The summed E-state index contributed by atoms with van der Waals surface area (Å²) in [5.41, 5.74) is 2.30. The lowest BCUT2D eigenvalue weighted by Crippen LogP contribution is -2.27. The Labute approximate surface area is 184 Å². The predicted octanol–water partition coefficient (Wildman–Crippen LogP) is 4.30. The summed E-state index contributed by atoms with van der Waals surface area (Å²) in [7, 11) is 1.50. The number of amides is 1. The molecule has 1 N–H and O–H groups in total. The lowest BCUT2D eigenvalue weighted by molar-refractivity contribution is -0.112. The second kappa shape index (κ2) is 8.85. The molecule has 4 rings (SSSR count). The van der Waals surface area contributed by atoms with Gasteiger partial charge in [-0.05, 0) is 65.3 Å². The van der Waals surface area contributed by atoms with E-state index in [0.717, 1.165) is 10.8 Å². The van der Waals surface area contributed by atoms with Crippen LogP contribution in [0.2, 0.25) is 0 Å². The first-order valence-electron chi connectivity index (χ1n) is 9.68. The van der Waals surface area contributed by atoms with Crippen molar-refractivity contribution >= 4 is 28.3 Å². The number of hydrogen-bond donors (Lipinski definition) is 1. The number of hydroxylamine groups is 2. The van der Waals surface area contributed by atoms with E-state index in [0.29, 0.717) is 33.2 Å². The van der Waals surface area contributed by atoms with Crippen LogP contribution >= 0.6 is 0 Å². The summed E-state index contributed by atoms with van der Waals surface area (Å²) in [6, 6.07) is 23.7. The molecule has 0 fully saturated rings. The van der Waals surface area contributed by atoms with Gasteiger partial charge in [0.1, 0.15) is 17.8 Å². The smallest absolute Gasteiger partial charge is 0.261 e. The molecule has 0 saturated heterocycles. The van der Waals surface area contributed by atoms with Crippen LogP contribution in [0.25, 0.3) is 5.57 Å². The quantitative estimate of drug-likeness (QED) is 0.463. The number of rotatable bonds is 6. The summed E-state index contributed by atoms with van der Waals surface area (Å²) in [4.78, 5) is 15.5. The van der Waals surface area contributed by atoms with Crippen LogP contribution in [0.5, 0.6) is 11.5 Å². The SMILES string of the molecule is CN(O)C1=C(c2ccc(Oc3ccccc3)cc2)C(=O)N(c2ccc([S+](C)[O-])cc2)C1. The Morgan fingerprint density at radius 3 is 2.16 bits per heavy atom. The average Bonchev–Trinajstić information content (AvgIpc) is 3.12. The first kappa shape index (κ1) is 21.0. The molecule has 0 spiro atoms. The van der Waals surface area contributed by atoms with Gasteiger partial charge in [-0.1, -0.05) is 30.3 Å². The summed E-state index contributed by atoms with van der Waals surface area (Å²) in [5, 5.41) is 11.1. The van der Waals surface area contributed by atoms with E-state index < -0.39 is 11.2 Å². The Balaban J connectivity index is 1.59. The molecule has 6 nitrogen and oxygen atoms in total. The Bertz CT molecular complexity index is 1090. The molecule has 31 heavy (non-hydrogen) atoms. The highest BCUT2D eigenvalue weighted by molar-refractivity contribution is 7.90. The van der Waals surface area contributed by atoms with Gasteiger partial charge in [-0.25, -0.2) is 0 Å². The zero-order valence-corrected chi connectivity index (χ0v) is 18.0. The van der Waals surface area contributed by atoms with Crippen molar-refractivity contribution in [3.05, 3.63) is 90.1 Å². The highest BCUT2D eigenvalue weighted by Gasteiger charge is 2.34. The molecule has 1 unspecified atom stereocenters. The fourth-order valence-electron chi connectivity index (χ4n) is 3.45. The molecular weight excluding hydrogens is 412 g/mol. The molecule has 1 aliphatic rings. The van der Waals surface area contributed by atoms with Crippen molar-refractivity contribution in [3.8, 4) is 11.5 Å². The van der Waals surface area contributed by atoms with Crippen LogP contribution in [-0.4, -0.2) is 40.6 Å². The summed E-state index contributed by atoms with van der Waals surface area (Å²) >= 11 is -1.09. The number of carbonyl (C=O) groups is 1. The third kappa shape index (κ3) is 4.44. The van der Waals surface area contributed by atoms with Crippen LogP contribution in [0.4, 0.5) is 5.69 Å². The van der Waals surface area contributed by atoms with E-state index in [1.807, 2.05) is 42.5 Å². The maximum atomic E-state index is 13.3. The van der Waals surface area contributed by atoms with Gasteiger partial charge in [-0.2, -0.15) is 0 Å². The van der Waals surface area contributed by atoms with Crippen LogP contribution in [0.3, 0.4) is 0 Å². The number of likely N-dealkylation sites (N-methyl/N-ethyl adjacent to an activating group) is 1. The number of para-hydroxylation sites is 1. The van der Waals surface area contributed by atoms with E-state index in [9.17, 15) is 14.6 Å². The summed E-state index contributed by atoms with van der Waals surface area (Å²) in [5.74, 6) is 1.17. The van der Waals surface area contributed by atoms with Gasteiger partial charge in [-0.15, -0.1) is 0 Å². The molecule has 1 amide bonds.